The summed E-state index contributed by atoms with van der Waals surface area (Å²) in [4.78, 5) is 32.3. The normalized spacial score (nSPS) is 14.3. The van der Waals surface area contributed by atoms with Gasteiger partial charge in [0.1, 0.15) is 11.8 Å². The van der Waals surface area contributed by atoms with E-state index in [1.165, 1.54) is 6.33 Å². The Morgan fingerprint density at radius 1 is 1.48 bits per heavy atom. The lowest BCUT2D eigenvalue weighted by molar-refractivity contribution is -0.125. The smallest absolute Gasteiger partial charge is 0.261 e. The number of nitrogens with one attached hydrogen (secondary N) is 1. The Kier molecular flexibility index (Phi) is 5.80. The molecule has 0 radical (unpaired) electrons. The predicted molar refractivity (Wildman–Crippen MR) is 93.5 cm³/mol. The zero-order chi connectivity index (χ0) is 15.5. The first-order chi connectivity index (χ1) is 10.7. The van der Waals surface area contributed by atoms with Crippen molar-refractivity contribution in [3.63, 3.8) is 0 Å². The van der Waals surface area contributed by atoms with Gasteiger partial charge in [-0.25, -0.2) is 15.0 Å². The van der Waals surface area contributed by atoms with E-state index in [1.54, 1.807) is 30.0 Å². The van der Waals surface area contributed by atoms with E-state index in [0.717, 1.165) is 23.6 Å². The van der Waals surface area contributed by atoms with E-state index in [1.807, 2.05) is 11.1 Å². The molecule has 0 aromatic carbocycles. The van der Waals surface area contributed by atoms with Gasteiger partial charge in [-0.15, -0.1) is 24.2 Å². The Bertz CT molecular complexity index is 719. The minimum Gasteiger partial charge on any atom is -0.340 e. The summed E-state index contributed by atoms with van der Waals surface area (Å²) in [6.45, 7) is 1.76. The molecule has 23 heavy (non-hydrogen) atoms. The van der Waals surface area contributed by atoms with Crippen LogP contribution in [0.4, 0.5) is 5.82 Å². The van der Waals surface area contributed by atoms with E-state index in [9.17, 15) is 4.79 Å². The highest BCUT2D eigenvalue weighted by molar-refractivity contribution is 8.04. The van der Waals surface area contributed by atoms with E-state index in [2.05, 4.69) is 19.9 Å². The number of aromatic nitrogens is 4. The minimum absolute atomic E-state index is 0. The van der Waals surface area contributed by atoms with Crippen molar-refractivity contribution < 1.29 is 4.79 Å². The number of thioether (sulfide) groups is 1. The second-order valence-corrected chi connectivity index (χ2v) is 5.99. The van der Waals surface area contributed by atoms with Gasteiger partial charge >= 0.3 is 0 Å². The van der Waals surface area contributed by atoms with E-state index in [4.69, 9.17) is 5.73 Å². The summed E-state index contributed by atoms with van der Waals surface area (Å²) in [5.41, 5.74) is 6.89. The van der Waals surface area contributed by atoms with Gasteiger partial charge in [0.15, 0.2) is 11.5 Å². The molecular weight excluding hydrogens is 338 g/mol. The van der Waals surface area contributed by atoms with Crippen molar-refractivity contribution in [2.75, 3.05) is 37.3 Å². The first kappa shape index (κ1) is 17.5. The average Bonchev–Trinajstić information content (AvgIpc) is 3.03. The van der Waals surface area contributed by atoms with Crippen LogP contribution in [0, 0.1) is 0 Å². The number of fused-ring (bicyclic) bond motifs is 1. The molecule has 0 spiro atoms. The van der Waals surface area contributed by atoms with Crippen molar-refractivity contribution in [1.82, 2.24) is 24.8 Å². The van der Waals surface area contributed by atoms with Gasteiger partial charge in [0.2, 0.25) is 0 Å². The maximum atomic E-state index is 12.4. The highest BCUT2D eigenvalue weighted by Crippen LogP contribution is 2.28. The highest BCUT2D eigenvalue weighted by Gasteiger charge is 2.22. The molecule has 3 rings (SSSR count). The Hall–Kier alpha value is -1.84. The van der Waals surface area contributed by atoms with Crippen LogP contribution in [0.25, 0.3) is 11.2 Å². The Labute approximate surface area is 144 Å². The largest absolute Gasteiger partial charge is 0.340 e. The van der Waals surface area contributed by atoms with Gasteiger partial charge in [0, 0.05) is 38.6 Å². The van der Waals surface area contributed by atoms with Crippen LogP contribution < -0.4 is 10.6 Å². The number of imidazole rings is 1. The van der Waals surface area contributed by atoms with Gasteiger partial charge in [0.25, 0.3) is 5.91 Å². The monoisotopic (exact) mass is 355 g/mol. The fourth-order valence-electron chi connectivity index (χ4n) is 2.23. The van der Waals surface area contributed by atoms with E-state index < -0.39 is 0 Å². The number of nitrogens with two attached hydrogens (primary N) is 1. The summed E-state index contributed by atoms with van der Waals surface area (Å²) in [5, 5.41) is 0. The first-order valence-electron chi connectivity index (χ1n) is 6.91. The summed E-state index contributed by atoms with van der Waals surface area (Å²) >= 11 is 1.55. The first-order valence-corrected chi connectivity index (χ1v) is 7.90. The van der Waals surface area contributed by atoms with Gasteiger partial charge in [-0.05, 0) is 0 Å². The number of rotatable bonds is 4. The molecule has 10 heteroatoms. The molecule has 124 valence electrons. The molecule has 3 N–H and O–H groups in total. The quantitative estimate of drug-likeness (QED) is 0.826. The van der Waals surface area contributed by atoms with Crippen LogP contribution in [-0.2, 0) is 4.79 Å². The molecule has 1 amide bonds. The van der Waals surface area contributed by atoms with E-state index in [0.29, 0.717) is 23.6 Å². The van der Waals surface area contributed by atoms with Gasteiger partial charge in [-0.1, -0.05) is 0 Å². The molecule has 0 bridgehead atoms. The van der Waals surface area contributed by atoms with Gasteiger partial charge < -0.3 is 20.5 Å². The van der Waals surface area contributed by atoms with Crippen molar-refractivity contribution in [1.29, 1.82) is 0 Å². The zero-order valence-electron chi connectivity index (χ0n) is 12.6. The molecular formula is C13H18ClN7OS. The van der Waals surface area contributed by atoms with E-state index >= 15 is 0 Å². The lowest BCUT2D eigenvalue weighted by Gasteiger charge is -2.27. The lowest BCUT2D eigenvalue weighted by atomic mass is 10.4. The average molecular weight is 356 g/mol. The molecule has 2 aromatic rings. The second kappa shape index (κ2) is 7.62. The number of hydrogen-bond acceptors (Lipinski definition) is 7. The summed E-state index contributed by atoms with van der Waals surface area (Å²) < 4.78 is 0. The van der Waals surface area contributed by atoms with Crippen molar-refractivity contribution >= 4 is 47.1 Å². The van der Waals surface area contributed by atoms with Crippen molar-refractivity contribution in [3.8, 4) is 0 Å². The zero-order valence-corrected chi connectivity index (χ0v) is 14.2. The maximum absolute atomic E-state index is 12.4. The van der Waals surface area contributed by atoms with Crippen LogP contribution in [-0.4, -0.2) is 63.2 Å². The molecule has 2 aromatic heterocycles. The third-order valence-electron chi connectivity index (χ3n) is 3.36. The third-order valence-corrected chi connectivity index (χ3v) is 4.34. The summed E-state index contributed by atoms with van der Waals surface area (Å²) in [7, 11) is 1.76. The SMILES string of the molecule is CN(CCN)C(=O)C1=CN(c2ncnc3nc[nH]c23)CCS1.Cl. The van der Waals surface area contributed by atoms with Gasteiger partial charge in [0.05, 0.1) is 11.2 Å². The van der Waals surface area contributed by atoms with Gasteiger partial charge in [-0.2, -0.15) is 0 Å². The van der Waals surface area contributed by atoms with Crippen LogP contribution in [0.2, 0.25) is 0 Å². The van der Waals surface area contributed by atoms with Crippen LogP contribution in [0.15, 0.2) is 23.8 Å². The Morgan fingerprint density at radius 3 is 3.09 bits per heavy atom. The molecule has 0 unspecified atom stereocenters. The minimum atomic E-state index is -0.0185. The van der Waals surface area contributed by atoms with E-state index in [-0.39, 0.29) is 18.3 Å². The van der Waals surface area contributed by atoms with Gasteiger partial charge in [-0.3, -0.25) is 4.79 Å². The molecule has 0 saturated heterocycles. The fraction of sp³-hybridized carbons (Fsp3) is 0.385. The Morgan fingerprint density at radius 2 is 2.30 bits per heavy atom. The van der Waals surface area contributed by atoms with Crippen molar-refractivity contribution in [2.24, 2.45) is 5.73 Å². The summed E-state index contributed by atoms with van der Waals surface area (Å²) in [5.74, 6) is 1.53. The second-order valence-electron chi connectivity index (χ2n) is 4.85. The molecule has 8 nitrogen and oxygen atoms in total. The molecule has 1 aliphatic heterocycles. The topological polar surface area (TPSA) is 104 Å². The summed E-state index contributed by atoms with van der Waals surface area (Å²) in [6, 6.07) is 0. The summed E-state index contributed by atoms with van der Waals surface area (Å²) in [6.07, 6.45) is 4.91. The number of carbonyl (C=O) groups is 1. The molecule has 0 atom stereocenters. The van der Waals surface area contributed by atoms with Crippen LogP contribution >= 0.6 is 24.2 Å². The number of H-pyrrole nitrogens is 1. The Balaban J connectivity index is 0.00000192. The number of nitrogens with zero attached hydrogens (tertiary/aromatic N) is 5. The highest BCUT2D eigenvalue weighted by atomic mass is 35.5. The van der Waals surface area contributed by atoms with Crippen molar-refractivity contribution in [2.45, 2.75) is 0 Å². The molecule has 0 fully saturated rings. The molecule has 0 saturated carbocycles. The number of carbonyl (C=O) groups excluding carboxylic acids is 1. The number of anilines is 1. The van der Waals surface area contributed by atoms with Crippen molar-refractivity contribution in [3.05, 3.63) is 23.8 Å². The standard InChI is InChI=1S/C13H17N7OS.ClH/c1-19(3-2-14)13(21)9-6-20(4-5-22-9)12-10-11(16-7-15-10)17-8-18-12;/h6-8H,2-5,14H2,1H3,(H,15,16,17,18);1H. The molecule has 1 aliphatic rings. The predicted octanol–water partition coefficient (Wildman–Crippen LogP) is 0.586. The van der Waals surface area contributed by atoms with Crippen LogP contribution in [0.3, 0.4) is 0 Å². The van der Waals surface area contributed by atoms with Crippen LogP contribution in [0.1, 0.15) is 0 Å². The van der Waals surface area contributed by atoms with Crippen LogP contribution in [0.5, 0.6) is 0 Å². The number of halogens is 1. The number of amides is 1. The number of likely N-dealkylation sites (N-methyl/N-ethyl adjacent to an activating group) is 1. The molecule has 0 aliphatic carbocycles. The number of aromatic amines is 1. The number of hydrogen-bond donors (Lipinski definition) is 2. The maximum Gasteiger partial charge on any atom is 0.261 e. The fourth-order valence-corrected chi connectivity index (χ4v) is 3.22. The lowest BCUT2D eigenvalue weighted by Crippen LogP contribution is -2.35. The molecule has 3 heterocycles. The third kappa shape index (κ3) is 3.57.